The minimum Gasteiger partial charge on any atom is -0.477 e. The van der Waals surface area contributed by atoms with Crippen LogP contribution in [-0.2, 0) is 19.1 Å². The molecule has 0 atom stereocenters. The highest BCUT2D eigenvalue weighted by molar-refractivity contribution is 6.42. The van der Waals surface area contributed by atoms with Gasteiger partial charge in [-0.15, -0.1) is 0 Å². The van der Waals surface area contributed by atoms with E-state index in [1.807, 2.05) is 0 Å². The van der Waals surface area contributed by atoms with E-state index in [0.717, 1.165) is 12.1 Å². The van der Waals surface area contributed by atoms with Crippen LogP contribution in [0.1, 0.15) is 34.1 Å². The molecule has 31 heavy (non-hydrogen) atoms. The highest BCUT2D eigenvalue weighted by Gasteiger charge is 2.33. The molecule has 0 fully saturated rings. The Hall–Kier alpha value is -2.77. The molecule has 9 heteroatoms. The lowest BCUT2D eigenvalue weighted by atomic mass is 9.98. The van der Waals surface area contributed by atoms with Crippen LogP contribution in [0.4, 0.5) is 13.2 Å². The van der Waals surface area contributed by atoms with E-state index in [1.54, 1.807) is 6.92 Å². The zero-order chi connectivity index (χ0) is 22.9. The van der Waals surface area contributed by atoms with Gasteiger partial charge in [-0.3, -0.25) is 4.79 Å². The summed E-state index contributed by atoms with van der Waals surface area (Å²) in [5.41, 5.74) is -1.53. The number of carboxylic acids is 1. The summed E-state index contributed by atoms with van der Waals surface area (Å²) in [7, 11) is 0. The minimum atomic E-state index is -4.57. The van der Waals surface area contributed by atoms with E-state index >= 15 is 0 Å². The summed E-state index contributed by atoms with van der Waals surface area (Å²) in [6.45, 7) is 1.91. The monoisotopic (exact) mass is 469 g/mol. The lowest BCUT2D eigenvalue weighted by Crippen LogP contribution is -2.24. The van der Waals surface area contributed by atoms with Crippen LogP contribution >= 0.6 is 23.2 Å². The molecule has 0 saturated carbocycles. The molecule has 2 aromatic carbocycles. The highest BCUT2D eigenvalue weighted by Crippen LogP contribution is 2.34. The summed E-state index contributed by atoms with van der Waals surface area (Å²) < 4.78 is 41.8. The molecule has 0 unspecified atom stereocenters. The van der Waals surface area contributed by atoms with E-state index in [9.17, 15) is 27.9 Å². The van der Waals surface area contributed by atoms with Gasteiger partial charge in [0.15, 0.2) is 5.43 Å². The predicted molar refractivity (Wildman–Crippen MR) is 113 cm³/mol. The number of halogens is 5. The van der Waals surface area contributed by atoms with Gasteiger partial charge in [0.25, 0.3) is 0 Å². The second-order valence-corrected chi connectivity index (χ2v) is 7.55. The number of carboxylic acid groups (broad SMARTS) is 1. The Kier molecular flexibility index (Phi) is 6.48. The fraction of sp³-hybridized carbons (Fsp3) is 0.182. The zero-order valence-corrected chi connectivity index (χ0v) is 17.6. The Morgan fingerprint density at radius 2 is 1.74 bits per heavy atom. The third kappa shape index (κ3) is 4.62. The molecule has 0 aliphatic carbocycles. The topological polar surface area (TPSA) is 59.3 Å². The van der Waals surface area contributed by atoms with Gasteiger partial charge in [0, 0.05) is 30.3 Å². The summed E-state index contributed by atoms with van der Waals surface area (Å²) in [5, 5.41) is 10.1. The summed E-state index contributed by atoms with van der Waals surface area (Å²) in [6.07, 6.45) is -4.78. The van der Waals surface area contributed by atoms with E-state index in [4.69, 9.17) is 23.2 Å². The predicted octanol–water partition coefficient (Wildman–Crippen LogP) is 6.15. The first kappa shape index (κ1) is 22.9. The van der Waals surface area contributed by atoms with Gasteiger partial charge in [0.1, 0.15) is 5.56 Å². The molecule has 1 N–H and O–H groups in total. The van der Waals surface area contributed by atoms with Crippen molar-refractivity contribution >= 4 is 29.2 Å². The standard InChI is InChI=1S/C22H16Cl2F3NO3/c1-2-28-14(9-12-5-3-4-6-15(12)22(25,26)27)11-18(29)19(21(30)31)20(28)13-7-8-16(23)17(24)10-13/h3-8,10-11H,2,9H2,1H3,(H,30,31). The van der Waals surface area contributed by atoms with Crippen LogP contribution in [-0.4, -0.2) is 15.6 Å². The number of rotatable bonds is 5. The number of carbonyl (C=O) groups is 1. The maximum absolute atomic E-state index is 13.4. The van der Waals surface area contributed by atoms with Crippen molar-refractivity contribution in [1.29, 1.82) is 0 Å². The van der Waals surface area contributed by atoms with Gasteiger partial charge in [0.05, 0.1) is 21.3 Å². The van der Waals surface area contributed by atoms with Crippen LogP contribution in [0, 0.1) is 0 Å². The molecule has 0 amide bonds. The van der Waals surface area contributed by atoms with Crippen molar-refractivity contribution in [2.75, 3.05) is 0 Å². The van der Waals surface area contributed by atoms with Gasteiger partial charge in [-0.2, -0.15) is 13.2 Å². The zero-order valence-electron chi connectivity index (χ0n) is 16.1. The number of aromatic nitrogens is 1. The number of hydrogen-bond acceptors (Lipinski definition) is 2. The van der Waals surface area contributed by atoms with Crippen molar-refractivity contribution in [2.24, 2.45) is 0 Å². The van der Waals surface area contributed by atoms with Crippen molar-refractivity contribution in [3.8, 4) is 11.3 Å². The quantitative estimate of drug-likeness (QED) is 0.487. The summed E-state index contributed by atoms with van der Waals surface area (Å²) in [4.78, 5) is 24.6. The molecule has 162 valence electrons. The number of aromatic carboxylic acids is 1. The van der Waals surface area contributed by atoms with E-state index < -0.39 is 28.7 Å². The van der Waals surface area contributed by atoms with Crippen molar-refractivity contribution in [3.63, 3.8) is 0 Å². The molecule has 0 spiro atoms. The fourth-order valence-electron chi connectivity index (χ4n) is 3.50. The highest BCUT2D eigenvalue weighted by atomic mass is 35.5. The molecule has 3 rings (SSSR count). The van der Waals surface area contributed by atoms with Crippen molar-refractivity contribution in [1.82, 2.24) is 4.57 Å². The van der Waals surface area contributed by atoms with Crippen molar-refractivity contribution in [2.45, 2.75) is 26.1 Å². The number of nitrogens with zero attached hydrogens (tertiary/aromatic N) is 1. The summed E-state index contributed by atoms with van der Waals surface area (Å²) in [5.74, 6) is -1.45. The van der Waals surface area contributed by atoms with Gasteiger partial charge in [0.2, 0.25) is 0 Å². The lowest BCUT2D eigenvalue weighted by Gasteiger charge is -2.21. The molecule has 0 aliphatic rings. The molecule has 4 nitrogen and oxygen atoms in total. The minimum absolute atomic E-state index is 0.0280. The third-order valence-electron chi connectivity index (χ3n) is 4.81. The van der Waals surface area contributed by atoms with E-state index in [0.29, 0.717) is 5.56 Å². The first-order valence-electron chi connectivity index (χ1n) is 9.15. The van der Waals surface area contributed by atoms with E-state index in [-0.39, 0.29) is 40.0 Å². The van der Waals surface area contributed by atoms with Gasteiger partial charge in [-0.25, -0.2) is 4.79 Å². The van der Waals surface area contributed by atoms with Crippen LogP contribution in [0.25, 0.3) is 11.3 Å². The molecule has 1 aromatic heterocycles. The van der Waals surface area contributed by atoms with Crippen LogP contribution < -0.4 is 5.43 Å². The molecule has 0 bridgehead atoms. The fourth-order valence-corrected chi connectivity index (χ4v) is 3.80. The molecule has 3 aromatic rings. The maximum atomic E-state index is 13.4. The molecular formula is C22H16Cl2F3NO3. The smallest absolute Gasteiger partial charge is 0.416 e. The number of hydrogen-bond donors (Lipinski definition) is 1. The summed E-state index contributed by atoms with van der Waals surface area (Å²) in [6, 6.07) is 10.5. The Balaban J connectivity index is 2.30. The average Bonchev–Trinajstić information content (AvgIpc) is 2.69. The first-order chi connectivity index (χ1) is 14.5. The van der Waals surface area contributed by atoms with Gasteiger partial charge >= 0.3 is 12.1 Å². The van der Waals surface area contributed by atoms with Crippen LogP contribution in [0.5, 0.6) is 0 Å². The Bertz CT molecular complexity index is 1220. The number of alkyl halides is 3. The number of pyridine rings is 1. The van der Waals surface area contributed by atoms with Crippen LogP contribution in [0.15, 0.2) is 53.3 Å². The molecule has 0 radical (unpaired) electrons. The molecule has 1 heterocycles. The van der Waals surface area contributed by atoms with Crippen LogP contribution in [0.3, 0.4) is 0 Å². The third-order valence-corrected chi connectivity index (χ3v) is 5.55. The van der Waals surface area contributed by atoms with Crippen molar-refractivity contribution in [3.05, 3.63) is 91.2 Å². The molecule has 0 saturated heterocycles. The normalized spacial score (nSPS) is 11.5. The van der Waals surface area contributed by atoms with E-state index in [1.165, 1.54) is 41.0 Å². The van der Waals surface area contributed by atoms with Gasteiger partial charge in [-0.1, -0.05) is 47.5 Å². The number of benzene rings is 2. The largest absolute Gasteiger partial charge is 0.477 e. The molecule has 0 aliphatic heterocycles. The maximum Gasteiger partial charge on any atom is 0.416 e. The first-order valence-corrected chi connectivity index (χ1v) is 9.90. The Morgan fingerprint density at radius 3 is 2.32 bits per heavy atom. The second kappa shape index (κ2) is 8.77. The lowest BCUT2D eigenvalue weighted by molar-refractivity contribution is -0.138. The van der Waals surface area contributed by atoms with E-state index in [2.05, 4.69) is 0 Å². The van der Waals surface area contributed by atoms with Gasteiger partial charge < -0.3 is 9.67 Å². The summed E-state index contributed by atoms with van der Waals surface area (Å²) >= 11 is 12.0. The van der Waals surface area contributed by atoms with Crippen LogP contribution in [0.2, 0.25) is 10.0 Å². The second-order valence-electron chi connectivity index (χ2n) is 6.73. The SMILES string of the molecule is CCn1c(Cc2ccccc2C(F)(F)F)cc(=O)c(C(=O)O)c1-c1ccc(Cl)c(Cl)c1. The van der Waals surface area contributed by atoms with Gasteiger partial charge in [-0.05, 0) is 30.7 Å². The Morgan fingerprint density at radius 1 is 1.06 bits per heavy atom. The average molecular weight is 470 g/mol. The Labute approximate surface area is 185 Å². The molecular weight excluding hydrogens is 454 g/mol. The van der Waals surface area contributed by atoms with Crippen molar-refractivity contribution < 1.29 is 23.1 Å².